The van der Waals surface area contributed by atoms with E-state index in [0.717, 1.165) is 12.5 Å². The van der Waals surface area contributed by atoms with E-state index < -0.39 is 0 Å². The van der Waals surface area contributed by atoms with Gasteiger partial charge in [0.1, 0.15) is 0 Å². The molecule has 2 rings (SSSR count). The van der Waals surface area contributed by atoms with Crippen LogP contribution in [-0.4, -0.2) is 33.1 Å². The second-order valence-electron chi connectivity index (χ2n) is 5.50. The third kappa shape index (κ3) is 2.14. The summed E-state index contributed by atoms with van der Waals surface area (Å²) < 4.78 is 2.26. The molecule has 1 saturated heterocycles. The van der Waals surface area contributed by atoms with Crippen LogP contribution in [0.15, 0.2) is 18.7 Å². The molecule has 1 aromatic heterocycles. The number of aromatic nitrogens is 2. The summed E-state index contributed by atoms with van der Waals surface area (Å²) in [6, 6.07) is 1.96. The molecule has 90 valence electrons. The second-order valence-corrected chi connectivity index (χ2v) is 5.50. The molecule has 1 aromatic rings. The molecule has 0 N–H and O–H groups in total. The summed E-state index contributed by atoms with van der Waals surface area (Å²) in [7, 11) is 0. The number of imidazole rings is 1. The molecule has 0 saturated carbocycles. The molecule has 1 aliphatic heterocycles. The number of rotatable bonds is 3. The first-order valence-corrected chi connectivity index (χ1v) is 6.32. The van der Waals surface area contributed by atoms with Crippen molar-refractivity contribution in [2.75, 3.05) is 6.54 Å². The van der Waals surface area contributed by atoms with E-state index >= 15 is 0 Å². The summed E-state index contributed by atoms with van der Waals surface area (Å²) in [6.07, 6.45) is 7.17. The monoisotopic (exact) mass is 221 g/mol. The van der Waals surface area contributed by atoms with E-state index in [2.05, 4.69) is 48.3 Å². The first-order chi connectivity index (χ1) is 7.59. The molecule has 0 bridgehead atoms. The number of likely N-dealkylation sites (tertiary alicyclic amines) is 1. The van der Waals surface area contributed by atoms with Crippen LogP contribution < -0.4 is 0 Å². The van der Waals surface area contributed by atoms with Gasteiger partial charge in [0.05, 0.1) is 6.33 Å². The highest BCUT2D eigenvalue weighted by Gasteiger charge is 2.35. The largest absolute Gasteiger partial charge is 0.333 e. The minimum Gasteiger partial charge on any atom is -0.333 e. The van der Waals surface area contributed by atoms with Gasteiger partial charge >= 0.3 is 0 Å². The lowest BCUT2D eigenvalue weighted by Gasteiger charge is -2.30. The molecule has 3 heteroatoms. The average Bonchev–Trinajstić information content (AvgIpc) is 2.86. The van der Waals surface area contributed by atoms with E-state index in [1.54, 1.807) is 0 Å². The van der Waals surface area contributed by atoms with Gasteiger partial charge in [-0.15, -0.1) is 0 Å². The van der Waals surface area contributed by atoms with Crippen LogP contribution in [0, 0.1) is 5.92 Å². The van der Waals surface area contributed by atoms with Gasteiger partial charge in [0.25, 0.3) is 0 Å². The van der Waals surface area contributed by atoms with Crippen molar-refractivity contribution in [1.82, 2.24) is 14.5 Å². The molecular formula is C13H23N3. The smallest absolute Gasteiger partial charge is 0.0948 e. The number of nitrogens with zero attached hydrogens (tertiary/aromatic N) is 3. The van der Waals surface area contributed by atoms with Crippen LogP contribution in [-0.2, 0) is 0 Å². The van der Waals surface area contributed by atoms with Gasteiger partial charge < -0.3 is 4.57 Å². The Bertz CT molecular complexity index is 300. The highest BCUT2D eigenvalue weighted by molar-refractivity contribution is 4.94. The van der Waals surface area contributed by atoms with E-state index in [1.807, 2.05) is 12.5 Å². The third-order valence-corrected chi connectivity index (χ3v) is 3.74. The van der Waals surface area contributed by atoms with Gasteiger partial charge in [-0.3, -0.25) is 4.90 Å². The van der Waals surface area contributed by atoms with Crippen LogP contribution in [0.25, 0.3) is 0 Å². The Hall–Kier alpha value is -0.830. The predicted octanol–water partition coefficient (Wildman–Crippen LogP) is 2.56. The van der Waals surface area contributed by atoms with Crippen molar-refractivity contribution in [2.24, 2.45) is 5.92 Å². The lowest BCUT2D eigenvalue weighted by Crippen LogP contribution is -2.38. The standard InChI is InChI=1S/C13H23N3/c1-10(2)13-7-12(8-16(13)11(3)4)15-6-5-14-9-15/h5-6,9-13H,7-8H2,1-4H3/t12-,13-/m0/s1. The van der Waals surface area contributed by atoms with E-state index in [0.29, 0.717) is 18.1 Å². The molecule has 0 aromatic carbocycles. The highest BCUT2D eigenvalue weighted by Crippen LogP contribution is 2.32. The topological polar surface area (TPSA) is 21.1 Å². The molecule has 1 fully saturated rings. The Balaban J connectivity index is 2.12. The van der Waals surface area contributed by atoms with Gasteiger partial charge in [0.2, 0.25) is 0 Å². The molecule has 0 aliphatic carbocycles. The van der Waals surface area contributed by atoms with Crippen molar-refractivity contribution in [2.45, 2.75) is 52.2 Å². The Morgan fingerprint density at radius 3 is 2.44 bits per heavy atom. The van der Waals surface area contributed by atoms with Gasteiger partial charge in [-0.05, 0) is 26.2 Å². The average molecular weight is 221 g/mol. The van der Waals surface area contributed by atoms with Crippen LogP contribution in [0.3, 0.4) is 0 Å². The van der Waals surface area contributed by atoms with Crippen molar-refractivity contribution in [3.05, 3.63) is 18.7 Å². The highest BCUT2D eigenvalue weighted by atomic mass is 15.3. The van der Waals surface area contributed by atoms with Gasteiger partial charge in [-0.25, -0.2) is 4.98 Å². The lowest BCUT2D eigenvalue weighted by atomic mass is 10.00. The van der Waals surface area contributed by atoms with Crippen molar-refractivity contribution in [3.63, 3.8) is 0 Å². The zero-order valence-electron chi connectivity index (χ0n) is 10.8. The van der Waals surface area contributed by atoms with Gasteiger partial charge in [-0.1, -0.05) is 13.8 Å². The molecule has 2 atom stereocenters. The van der Waals surface area contributed by atoms with Crippen molar-refractivity contribution >= 4 is 0 Å². The Kier molecular flexibility index (Phi) is 3.33. The van der Waals surface area contributed by atoms with Crippen LogP contribution in [0.2, 0.25) is 0 Å². The van der Waals surface area contributed by atoms with E-state index in [1.165, 1.54) is 6.42 Å². The summed E-state index contributed by atoms with van der Waals surface area (Å²) in [5, 5.41) is 0. The number of hydrogen-bond donors (Lipinski definition) is 0. The quantitative estimate of drug-likeness (QED) is 0.782. The van der Waals surface area contributed by atoms with Crippen molar-refractivity contribution in [3.8, 4) is 0 Å². The maximum Gasteiger partial charge on any atom is 0.0948 e. The Morgan fingerprint density at radius 1 is 1.25 bits per heavy atom. The molecule has 0 amide bonds. The fourth-order valence-electron chi connectivity index (χ4n) is 2.82. The van der Waals surface area contributed by atoms with Crippen LogP contribution in [0.5, 0.6) is 0 Å². The molecule has 1 aliphatic rings. The van der Waals surface area contributed by atoms with Gasteiger partial charge in [-0.2, -0.15) is 0 Å². The second kappa shape index (κ2) is 4.58. The molecule has 0 unspecified atom stereocenters. The molecule has 2 heterocycles. The SMILES string of the molecule is CC(C)[C@@H]1C[C@H](n2ccnc2)CN1C(C)C. The fraction of sp³-hybridized carbons (Fsp3) is 0.769. The van der Waals surface area contributed by atoms with E-state index in [9.17, 15) is 0 Å². The molecule has 0 radical (unpaired) electrons. The lowest BCUT2D eigenvalue weighted by molar-refractivity contribution is 0.164. The number of hydrogen-bond acceptors (Lipinski definition) is 2. The normalized spacial score (nSPS) is 27.1. The van der Waals surface area contributed by atoms with E-state index in [4.69, 9.17) is 0 Å². The van der Waals surface area contributed by atoms with Gasteiger partial charge in [0.15, 0.2) is 0 Å². The maximum atomic E-state index is 4.15. The summed E-state index contributed by atoms with van der Waals surface area (Å²) in [6.45, 7) is 10.4. The van der Waals surface area contributed by atoms with E-state index in [-0.39, 0.29) is 0 Å². The van der Waals surface area contributed by atoms with Crippen LogP contribution >= 0.6 is 0 Å². The minimum absolute atomic E-state index is 0.609. The summed E-state index contributed by atoms with van der Waals surface area (Å²) >= 11 is 0. The minimum atomic E-state index is 0.609. The Labute approximate surface area is 98.5 Å². The summed E-state index contributed by atoms with van der Waals surface area (Å²) in [4.78, 5) is 6.79. The van der Waals surface area contributed by atoms with Crippen LogP contribution in [0.4, 0.5) is 0 Å². The summed E-state index contributed by atoms with van der Waals surface area (Å²) in [5.41, 5.74) is 0. The Morgan fingerprint density at radius 2 is 2.00 bits per heavy atom. The van der Waals surface area contributed by atoms with Crippen molar-refractivity contribution in [1.29, 1.82) is 0 Å². The molecule has 3 nitrogen and oxygen atoms in total. The van der Waals surface area contributed by atoms with Crippen molar-refractivity contribution < 1.29 is 0 Å². The maximum absolute atomic E-state index is 4.15. The molecule has 16 heavy (non-hydrogen) atoms. The first kappa shape index (κ1) is 11.6. The molecule has 0 spiro atoms. The zero-order chi connectivity index (χ0) is 11.7. The third-order valence-electron chi connectivity index (χ3n) is 3.74. The first-order valence-electron chi connectivity index (χ1n) is 6.32. The van der Waals surface area contributed by atoms with Crippen LogP contribution in [0.1, 0.15) is 40.2 Å². The van der Waals surface area contributed by atoms with Gasteiger partial charge in [0, 0.05) is 37.1 Å². The fourth-order valence-corrected chi connectivity index (χ4v) is 2.82. The zero-order valence-corrected chi connectivity index (χ0v) is 10.8. The molecular weight excluding hydrogens is 198 g/mol. The predicted molar refractivity (Wildman–Crippen MR) is 66.3 cm³/mol. The summed E-state index contributed by atoms with van der Waals surface area (Å²) in [5.74, 6) is 0.732.